The number of carbonyl (C=O) groups excluding carboxylic acids is 1. The summed E-state index contributed by atoms with van der Waals surface area (Å²) in [5.74, 6) is 0.283. The van der Waals surface area contributed by atoms with Crippen LogP contribution in [0.3, 0.4) is 0 Å². The SMILES string of the molecule is COc1ccccc1C(=O)NCc1ccc(CNS(=O)(=O)c2ccc(Cl)cc2)cc1. The van der Waals surface area contributed by atoms with Gasteiger partial charge in [0.2, 0.25) is 10.0 Å². The minimum absolute atomic E-state index is 0.152. The summed E-state index contributed by atoms with van der Waals surface area (Å²) in [6, 6.07) is 20.3. The Bertz CT molecular complexity index is 1110. The summed E-state index contributed by atoms with van der Waals surface area (Å²) in [4.78, 5) is 12.5. The number of amides is 1. The van der Waals surface area contributed by atoms with Gasteiger partial charge in [-0.3, -0.25) is 4.79 Å². The summed E-state index contributed by atoms with van der Waals surface area (Å²) in [5, 5.41) is 3.32. The Morgan fingerprint density at radius 1 is 0.900 bits per heavy atom. The van der Waals surface area contributed by atoms with Crippen molar-refractivity contribution >= 4 is 27.5 Å². The van der Waals surface area contributed by atoms with Gasteiger partial charge in [0.1, 0.15) is 5.75 Å². The highest BCUT2D eigenvalue weighted by atomic mass is 35.5. The van der Waals surface area contributed by atoms with Crippen molar-refractivity contribution in [2.24, 2.45) is 0 Å². The first-order valence-corrected chi connectivity index (χ1v) is 11.0. The molecule has 0 unspecified atom stereocenters. The zero-order valence-corrected chi connectivity index (χ0v) is 17.8. The van der Waals surface area contributed by atoms with E-state index in [1.54, 1.807) is 24.3 Å². The van der Waals surface area contributed by atoms with E-state index < -0.39 is 10.0 Å². The van der Waals surface area contributed by atoms with Crippen LogP contribution in [0.25, 0.3) is 0 Å². The van der Waals surface area contributed by atoms with Gasteiger partial charge in [-0.05, 0) is 47.5 Å². The summed E-state index contributed by atoms with van der Waals surface area (Å²) < 4.78 is 32.4. The zero-order chi connectivity index (χ0) is 21.6. The highest BCUT2D eigenvalue weighted by Crippen LogP contribution is 2.17. The molecule has 3 aromatic rings. The summed E-state index contributed by atoms with van der Waals surface area (Å²) in [6.07, 6.45) is 0. The Kier molecular flexibility index (Phi) is 7.10. The van der Waals surface area contributed by atoms with Crippen LogP contribution in [0.1, 0.15) is 21.5 Å². The summed E-state index contributed by atoms with van der Waals surface area (Å²) in [5.41, 5.74) is 2.16. The first-order chi connectivity index (χ1) is 14.4. The van der Waals surface area contributed by atoms with Crippen molar-refractivity contribution in [3.05, 3.63) is 94.5 Å². The normalized spacial score (nSPS) is 11.1. The molecular formula is C22H21ClN2O4S. The number of rotatable bonds is 8. The van der Waals surface area contributed by atoms with E-state index in [4.69, 9.17) is 16.3 Å². The second kappa shape index (κ2) is 9.75. The fourth-order valence-electron chi connectivity index (χ4n) is 2.76. The van der Waals surface area contributed by atoms with Crippen LogP contribution in [-0.4, -0.2) is 21.4 Å². The molecule has 0 atom stereocenters. The number of methoxy groups -OCH3 is 1. The predicted molar refractivity (Wildman–Crippen MR) is 116 cm³/mol. The van der Waals surface area contributed by atoms with Crippen molar-refractivity contribution in [3.63, 3.8) is 0 Å². The van der Waals surface area contributed by atoms with E-state index in [-0.39, 0.29) is 17.3 Å². The summed E-state index contributed by atoms with van der Waals surface area (Å²) >= 11 is 5.80. The molecule has 0 radical (unpaired) electrons. The minimum atomic E-state index is -3.62. The molecular weight excluding hydrogens is 424 g/mol. The van der Waals surface area contributed by atoms with E-state index in [2.05, 4.69) is 10.0 Å². The lowest BCUT2D eigenvalue weighted by Gasteiger charge is -2.10. The van der Waals surface area contributed by atoms with Crippen molar-refractivity contribution in [2.45, 2.75) is 18.0 Å². The second-order valence-corrected chi connectivity index (χ2v) is 8.68. The third kappa shape index (κ3) is 5.60. The number of ether oxygens (including phenoxy) is 1. The average Bonchev–Trinajstić information content (AvgIpc) is 2.77. The monoisotopic (exact) mass is 444 g/mol. The molecule has 0 aliphatic heterocycles. The molecule has 0 fully saturated rings. The van der Waals surface area contributed by atoms with Gasteiger partial charge < -0.3 is 10.1 Å². The fraction of sp³-hybridized carbons (Fsp3) is 0.136. The largest absolute Gasteiger partial charge is 0.496 e. The zero-order valence-electron chi connectivity index (χ0n) is 16.3. The number of nitrogens with one attached hydrogen (secondary N) is 2. The molecule has 1 amide bonds. The highest BCUT2D eigenvalue weighted by molar-refractivity contribution is 7.89. The number of hydrogen-bond donors (Lipinski definition) is 2. The van der Waals surface area contributed by atoms with E-state index in [0.29, 0.717) is 22.9 Å². The lowest BCUT2D eigenvalue weighted by atomic mass is 10.1. The molecule has 0 aliphatic rings. The number of benzene rings is 3. The van der Waals surface area contributed by atoms with Crippen molar-refractivity contribution in [1.29, 1.82) is 0 Å². The maximum absolute atomic E-state index is 12.4. The van der Waals surface area contributed by atoms with Crippen molar-refractivity contribution < 1.29 is 17.9 Å². The number of hydrogen-bond acceptors (Lipinski definition) is 4. The molecule has 8 heteroatoms. The Hall–Kier alpha value is -2.87. The maximum atomic E-state index is 12.4. The molecule has 0 heterocycles. The van der Waals surface area contributed by atoms with Crippen LogP contribution in [0.2, 0.25) is 5.02 Å². The molecule has 156 valence electrons. The molecule has 3 aromatic carbocycles. The molecule has 6 nitrogen and oxygen atoms in total. The van der Waals surface area contributed by atoms with Crippen LogP contribution >= 0.6 is 11.6 Å². The Labute approximate surface area is 180 Å². The molecule has 0 saturated heterocycles. The third-order valence-corrected chi connectivity index (χ3v) is 6.09. The number of carbonyl (C=O) groups is 1. The van der Waals surface area contributed by atoms with Gasteiger partial charge in [-0.25, -0.2) is 13.1 Å². The fourth-order valence-corrected chi connectivity index (χ4v) is 3.90. The highest BCUT2D eigenvalue weighted by Gasteiger charge is 2.14. The van der Waals surface area contributed by atoms with Gasteiger partial charge in [-0.1, -0.05) is 48.0 Å². The molecule has 0 aromatic heterocycles. The van der Waals surface area contributed by atoms with Crippen LogP contribution < -0.4 is 14.8 Å². The first-order valence-electron chi connectivity index (χ1n) is 9.13. The second-order valence-electron chi connectivity index (χ2n) is 6.48. The molecule has 30 heavy (non-hydrogen) atoms. The van der Waals surface area contributed by atoms with Crippen molar-refractivity contribution in [2.75, 3.05) is 7.11 Å². The van der Waals surface area contributed by atoms with Crippen LogP contribution in [0, 0.1) is 0 Å². The predicted octanol–water partition coefficient (Wildman–Crippen LogP) is 3.76. The first kappa shape index (κ1) is 21.8. The summed E-state index contributed by atoms with van der Waals surface area (Å²) in [7, 11) is -2.10. The third-order valence-electron chi connectivity index (χ3n) is 4.42. The molecule has 2 N–H and O–H groups in total. The molecule has 0 aliphatic carbocycles. The van der Waals surface area contributed by atoms with Crippen LogP contribution in [0.5, 0.6) is 5.75 Å². The van der Waals surface area contributed by atoms with Gasteiger partial charge in [0, 0.05) is 18.1 Å². The quantitative estimate of drug-likeness (QED) is 0.554. The topological polar surface area (TPSA) is 84.5 Å². The standard InChI is InChI=1S/C22H21ClN2O4S/c1-29-21-5-3-2-4-20(21)22(26)24-14-16-6-8-17(9-7-16)15-25-30(27,28)19-12-10-18(23)11-13-19/h2-13,25H,14-15H2,1H3,(H,24,26). The van der Waals surface area contributed by atoms with Crippen LogP contribution in [0.15, 0.2) is 77.7 Å². The molecule has 0 saturated carbocycles. The van der Waals surface area contributed by atoms with E-state index >= 15 is 0 Å². The maximum Gasteiger partial charge on any atom is 0.255 e. The van der Waals surface area contributed by atoms with Crippen LogP contribution in [-0.2, 0) is 23.1 Å². The number of halogens is 1. The molecule has 3 rings (SSSR count). The van der Waals surface area contributed by atoms with Gasteiger partial charge in [-0.15, -0.1) is 0 Å². The van der Waals surface area contributed by atoms with Crippen molar-refractivity contribution in [3.8, 4) is 5.75 Å². The van der Waals surface area contributed by atoms with Gasteiger partial charge >= 0.3 is 0 Å². The van der Waals surface area contributed by atoms with E-state index in [1.807, 2.05) is 24.3 Å². The summed E-state index contributed by atoms with van der Waals surface area (Å²) in [6.45, 7) is 0.493. The Balaban J connectivity index is 1.56. The van der Waals surface area contributed by atoms with E-state index in [1.165, 1.54) is 31.4 Å². The lowest BCUT2D eigenvalue weighted by molar-refractivity contribution is 0.0948. The van der Waals surface area contributed by atoms with Gasteiger partial charge in [0.15, 0.2) is 0 Å². The molecule has 0 spiro atoms. The van der Waals surface area contributed by atoms with Gasteiger partial charge in [0.25, 0.3) is 5.91 Å². The number of sulfonamides is 1. The Morgan fingerprint density at radius 2 is 1.50 bits per heavy atom. The van der Waals surface area contributed by atoms with Gasteiger partial charge in [0.05, 0.1) is 17.6 Å². The Morgan fingerprint density at radius 3 is 2.13 bits per heavy atom. The smallest absolute Gasteiger partial charge is 0.255 e. The molecule has 0 bridgehead atoms. The average molecular weight is 445 g/mol. The van der Waals surface area contributed by atoms with Gasteiger partial charge in [-0.2, -0.15) is 0 Å². The van der Waals surface area contributed by atoms with E-state index in [0.717, 1.165) is 11.1 Å². The van der Waals surface area contributed by atoms with Crippen LogP contribution in [0.4, 0.5) is 0 Å². The lowest BCUT2D eigenvalue weighted by Crippen LogP contribution is -2.24. The number of para-hydroxylation sites is 1. The van der Waals surface area contributed by atoms with E-state index in [9.17, 15) is 13.2 Å². The van der Waals surface area contributed by atoms with Crippen molar-refractivity contribution in [1.82, 2.24) is 10.0 Å². The minimum Gasteiger partial charge on any atom is -0.496 e.